The van der Waals surface area contributed by atoms with E-state index in [0.717, 1.165) is 48.1 Å². The van der Waals surface area contributed by atoms with Gasteiger partial charge in [-0.15, -0.1) is 0 Å². The van der Waals surface area contributed by atoms with Gasteiger partial charge >= 0.3 is 0 Å². The first-order valence-corrected chi connectivity index (χ1v) is 9.63. The molecule has 0 radical (unpaired) electrons. The summed E-state index contributed by atoms with van der Waals surface area (Å²) in [5.41, 5.74) is 3.24. The Balaban J connectivity index is 1.60. The van der Waals surface area contributed by atoms with Gasteiger partial charge in [0.05, 0.1) is 28.7 Å². The highest BCUT2D eigenvalue weighted by Gasteiger charge is 2.26. The number of nitrogens with one attached hydrogen (secondary N) is 1. The Morgan fingerprint density at radius 3 is 3.00 bits per heavy atom. The number of para-hydroxylation sites is 1. The van der Waals surface area contributed by atoms with Crippen LogP contribution in [0.4, 0.5) is 11.4 Å². The highest BCUT2D eigenvalue weighted by atomic mass is 16.2. The molecule has 0 spiro atoms. The van der Waals surface area contributed by atoms with Gasteiger partial charge in [-0.05, 0) is 43.9 Å². The highest BCUT2D eigenvalue weighted by molar-refractivity contribution is 5.96. The summed E-state index contributed by atoms with van der Waals surface area (Å²) in [6.07, 6.45) is 9.56. The van der Waals surface area contributed by atoms with Crippen LogP contribution in [0, 0.1) is 0 Å². The molecule has 3 heterocycles. The van der Waals surface area contributed by atoms with Crippen molar-refractivity contribution in [1.82, 2.24) is 14.9 Å². The van der Waals surface area contributed by atoms with Crippen molar-refractivity contribution in [1.29, 1.82) is 0 Å². The maximum atomic E-state index is 13.0. The van der Waals surface area contributed by atoms with Gasteiger partial charge in [0.1, 0.15) is 0 Å². The zero-order valence-electron chi connectivity index (χ0n) is 15.6. The number of anilines is 2. The Kier molecular flexibility index (Phi) is 5.01. The Morgan fingerprint density at radius 1 is 1.22 bits per heavy atom. The average Bonchev–Trinajstić information content (AvgIpc) is 2.73. The molecular formula is C22H24N4O. The SMILES string of the molecule is CCC1CCCCN1C(=O)c1cncc(Nc2cccc3cccnc23)c1. The van der Waals surface area contributed by atoms with Crippen molar-refractivity contribution in [3.8, 4) is 0 Å². The molecule has 2 aromatic heterocycles. The second-order valence-electron chi connectivity index (χ2n) is 7.02. The number of rotatable bonds is 4. The van der Waals surface area contributed by atoms with Crippen LogP contribution < -0.4 is 5.32 Å². The number of piperidine rings is 1. The molecule has 1 saturated heterocycles. The molecule has 1 atom stereocenters. The number of fused-ring (bicyclic) bond motifs is 1. The fourth-order valence-corrected chi connectivity index (χ4v) is 3.84. The van der Waals surface area contributed by atoms with Gasteiger partial charge in [-0.25, -0.2) is 0 Å². The molecule has 3 aromatic rings. The molecule has 1 unspecified atom stereocenters. The van der Waals surface area contributed by atoms with Crippen molar-refractivity contribution in [3.05, 3.63) is 60.6 Å². The van der Waals surface area contributed by atoms with Crippen molar-refractivity contribution >= 4 is 28.2 Å². The van der Waals surface area contributed by atoms with Crippen LogP contribution >= 0.6 is 0 Å². The normalized spacial score (nSPS) is 17.1. The van der Waals surface area contributed by atoms with E-state index in [1.54, 1.807) is 18.6 Å². The standard InChI is InChI=1S/C22H24N4O/c1-2-19-9-3-4-12-26(19)22(27)17-13-18(15-23-14-17)25-20-10-5-7-16-8-6-11-24-21(16)20/h5-8,10-11,13-15,19,25H,2-4,9,12H2,1H3. The fraction of sp³-hybridized carbons (Fsp3) is 0.318. The van der Waals surface area contributed by atoms with Crippen LogP contribution in [0.3, 0.4) is 0 Å². The Bertz CT molecular complexity index is 950. The zero-order valence-corrected chi connectivity index (χ0v) is 15.6. The van der Waals surface area contributed by atoms with Crippen LogP contribution in [-0.2, 0) is 0 Å². The third-order valence-corrected chi connectivity index (χ3v) is 5.26. The minimum atomic E-state index is 0.0775. The first-order valence-electron chi connectivity index (χ1n) is 9.63. The minimum absolute atomic E-state index is 0.0775. The Labute approximate surface area is 159 Å². The number of nitrogens with zero attached hydrogens (tertiary/aromatic N) is 3. The second-order valence-corrected chi connectivity index (χ2v) is 7.02. The van der Waals surface area contributed by atoms with Gasteiger partial charge < -0.3 is 10.2 Å². The third kappa shape index (κ3) is 3.63. The van der Waals surface area contributed by atoms with Crippen molar-refractivity contribution in [2.24, 2.45) is 0 Å². The largest absolute Gasteiger partial charge is 0.352 e. The third-order valence-electron chi connectivity index (χ3n) is 5.26. The van der Waals surface area contributed by atoms with Crippen LogP contribution in [-0.4, -0.2) is 33.4 Å². The van der Waals surface area contributed by atoms with Gasteiger partial charge in [0, 0.05) is 30.4 Å². The molecule has 138 valence electrons. The summed E-state index contributed by atoms with van der Waals surface area (Å²) < 4.78 is 0. The summed E-state index contributed by atoms with van der Waals surface area (Å²) in [4.78, 5) is 23.8. The van der Waals surface area contributed by atoms with Gasteiger partial charge in [-0.3, -0.25) is 14.8 Å². The van der Waals surface area contributed by atoms with Crippen molar-refractivity contribution in [3.63, 3.8) is 0 Å². The van der Waals surface area contributed by atoms with Gasteiger partial charge in [-0.1, -0.05) is 25.1 Å². The van der Waals surface area contributed by atoms with E-state index in [1.165, 1.54) is 6.42 Å². The monoisotopic (exact) mass is 360 g/mol. The average molecular weight is 360 g/mol. The topological polar surface area (TPSA) is 58.1 Å². The van der Waals surface area contributed by atoms with E-state index in [0.29, 0.717) is 11.6 Å². The lowest BCUT2D eigenvalue weighted by molar-refractivity contribution is 0.0607. The lowest BCUT2D eigenvalue weighted by Gasteiger charge is -2.35. The number of carbonyl (C=O) groups is 1. The van der Waals surface area contributed by atoms with Crippen LogP contribution in [0.1, 0.15) is 43.0 Å². The molecule has 1 aromatic carbocycles. The summed E-state index contributed by atoms with van der Waals surface area (Å²) in [6.45, 7) is 2.99. The number of likely N-dealkylation sites (tertiary alicyclic amines) is 1. The molecule has 0 aliphatic carbocycles. The molecule has 1 aliphatic rings. The number of hydrogen-bond donors (Lipinski definition) is 1. The summed E-state index contributed by atoms with van der Waals surface area (Å²) in [7, 11) is 0. The van der Waals surface area contributed by atoms with E-state index in [1.807, 2.05) is 41.3 Å². The Morgan fingerprint density at radius 2 is 2.11 bits per heavy atom. The lowest BCUT2D eigenvalue weighted by Crippen LogP contribution is -2.43. The summed E-state index contributed by atoms with van der Waals surface area (Å²) in [6, 6.07) is 12.2. The smallest absolute Gasteiger partial charge is 0.255 e. The first kappa shape index (κ1) is 17.5. The van der Waals surface area contributed by atoms with Crippen LogP contribution in [0.15, 0.2) is 55.0 Å². The minimum Gasteiger partial charge on any atom is -0.352 e. The molecule has 27 heavy (non-hydrogen) atoms. The van der Waals surface area contributed by atoms with Crippen LogP contribution in [0.5, 0.6) is 0 Å². The van der Waals surface area contributed by atoms with E-state index >= 15 is 0 Å². The number of hydrogen-bond acceptors (Lipinski definition) is 4. The molecule has 0 bridgehead atoms. The molecule has 5 nitrogen and oxygen atoms in total. The quantitative estimate of drug-likeness (QED) is 0.727. The number of benzene rings is 1. The molecule has 1 amide bonds. The van der Waals surface area contributed by atoms with E-state index in [-0.39, 0.29) is 5.91 Å². The van der Waals surface area contributed by atoms with E-state index in [2.05, 4.69) is 22.2 Å². The molecule has 1 fully saturated rings. The predicted octanol–water partition coefficient (Wildman–Crippen LogP) is 4.78. The van der Waals surface area contributed by atoms with Gasteiger partial charge in [0.25, 0.3) is 5.91 Å². The maximum Gasteiger partial charge on any atom is 0.255 e. The van der Waals surface area contributed by atoms with Gasteiger partial charge in [0.15, 0.2) is 0 Å². The molecule has 5 heteroatoms. The van der Waals surface area contributed by atoms with Crippen molar-refractivity contribution < 1.29 is 4.79 Å². The molecule has 1 aliphatic heterocycles. The summed E-state index contributed by atoms with van der Waals surface area (Å²) >= 11 is 0. The van der Waals surface area contributed by atoms with E-state index in [9.17, 15) is 4.79 Å². The number of carbonyl (C=O) groups excluding carboxylic acids is 1. The van der Waals surface area contributed by atoms with Crippen molar-refractivity contribution in [2.75, 3.05) is 11.9 Å². The molecule has 4 rings (SSSR count). The molecule has 1 N–H and O–H groups in total. The predicted molar refractivity (Wildman–Crippen MR) is 108 cm³/mol. The zero-order chi connectivity index (χ0) is 18.6. The van der Waals surface area contributed by atoms with E-state index in [4.69, 9.17) is 0 Å². The number of amides is 1. The fourth-order valence-electron chi connectivity index (χ4n) is 3.84. The number of aromatic nitrogens is 2. The Hall–Kier alpha value is -2.95. The lowest BCUT2D eigenvalue weighted by atomic mass is 9.99. The van der Waals surface area contributed by atoms with E-state index < -0.39 is 0 Å². The highest BCUT2D eigenvalue weighted by Crippen LogP contribution is 2.26. The maximum absolute atomic E-state index is 13.0. The summed E-state index contributed by atoms with van der Waals surface area (Å²) in [5.74, 6) is 0.0775. The van der Waals surface area contributed by atoms with Gasteiger partial charge in [0.2, 0.25) is 0 Å². The second kappa shape index (κ2) is 7.74. The van der Waals surface area contributed by atoms with Gasteiger partial charge in [-0.2, -0.15) is 0 Å². The molecular weight excluding hydrogens is 336 g/mol. The summed E-state index contributed by atoms with van der Waals surface area (Å²) in [5, 5.41) is 4.45. The number of pyridine rings is 2. The first-order chi connectivity index (χ1) is 13.3. The van der Waals surface area contributed by atoms with Crippen LogP contribution in [0.2, 0.25) is 0 Å². The van der Waals surface area contributed by atoms with Crippen LogP contribution in [0.25, 0.3) is 10.9 Å². The van der Waals surface area contributed by atoms with Crippen molar-refractivity contribution in [2.45, 2.75) is 38.6 Å². The molecule has 0 saturated carbocycles.